The summed E-state index contributed by atoms with van der Waals surface area (Å²) in [7, 11) is 1.79. The fourth-order valence-electron chi connectivity index (χ4n) is 3.20. The van der Waals surface area contributed by atoms with Crippen molar-refractivity contribution in [3.63, 3.8) is 0 Å². The van der Waals surface area contributed by atoms with Crippen LogP contribution in [0, 0.1) is 0 Å². The number of nitrogens with zero attached hydrogens (tertiary/aromatic N) is 3. The van der Waals surface area contributed by atoms with E-state index in [2.05, 4.69) is 15.5 Å². The number of amides is 1. The summed E-state index contributed by atoms with van der Waals surface area (Å²) in [6, 6.07) is 20.7. The van der Waals surface area contributed by atoms with E-state index in [1.54, 1.807) is 30.7 Å². The largest absolute Gasteiger partial charge is 0.480 e. The van der Waals surface area contributed by atoms with Gasteiger partial charge in [-0.1, -0.05) is 48.2 Å². The molecular formula is C23H20N4O3S. The van der Waals surface area contributed by atoms with Crippen molar-refractivity contribution >= 4 is 40.1 Å². The lowest BCUT2D eigenvalue weighted by molar-refractivity contribution is -0.136. The number of hydrogen-bond donors (Lipinski definition) is 2. The van der Waals surface area contributed by atoms with Crippen LogP contribution in [-0.4, -0.2) is 37.0 Å². The molecule has 1 heterocycles. The second-order valence-electron chi connectivity index (χ2n) is 7.02. The zero-order chi connectivity index (χ0) is 22.0. The second-order valence-corrected chi connectivity index (χ2v) is 8.33. The molecule has 0 aliphatic rings. The quantitative estimate of drug-likeness (QED) is 0.437. The van der Waals surface area contributed by atoms with Gasteiger partial charge in [0.25, 0.3) is 5.91 Å². The molecule has 1 amide bonds. The Labute approximate surface area is 183 Å². The van der Waals surface area contributed by atoms with Gasteiger partial charge in [0.1, 0.15) is 5.25 Å². The highest BCUT2D eigenvalue weighted by Crippen LogP contribution is 2.27. The van der Waals surface area contributed by atoms with Gasteiger partial charge in [-0.15, -0.1) is 10.2 Å². The molecule has 2 N–H and O–H groups in total. The summed E-state index contributed by atoms with van der Waals surface area (Å²) in [5, 5.41) is 22.1. The van der Waals surface area contributed by atoms with Gasteiger partial charge in [-0.05, 0) is 48.0 Å². The van der Waals surface area contributed by atoms with E-state index in [1.165, 1.54) is 0 Å². The maximum absolute atomic E-state index is 12.8. The Balaban J connectivity index is 1.52. The molecule has 0 fully saturated rings. The first-order valence-electron chi connectivity index (χ1n) is 9.62. The number of carbonyl (C=O) groups excluding carboxylic acids is 1. The van der Waals surface area contributed by atoms with Crippen LogP contribution in [0.15, 0.2) is 71.9 Å². The predicted octanol–water partition coefficient (Wildman–Crippen LogP) is 4.45. The smallest absolute Gasteiger partial charge is 0.316 e. The molecule has 31 heavy (non-hydrogen) atoms. The second kappa shape index (κ2) is 8.61. The molecule has 0 spiro atoms. The number of benzene rings is 3. The number of aliphatic carboxylic acids is 1. The SMILES string of the molecule is CC(Sc1nnc(-c2ccc(NC(=O)c3cccc4ccccc34)cc2)n1C)C(=O)O. The molecule has 0 aliphatic carbocycles. The number of carboxylic acid groups (broad SMARTS) is 1. The average Bonchev–Trinajstić information content (AvgIpc) is 3.13. The normalized spacial score (nSPS) is 11.9. The number of carboxylic acids is 1. The van der Waals surface area contributed by atoms with Crippen molar-refractivity contribution in [2.75, 3.05) is 5.32 Å². The van der Waals surface area contributed by atoms with Gasteiger partial charge in [0.15, 0.2) is 11.0 Å². The van der Waals surface area contributed by atoms with Crippen LogP contribution in [-0.2, 0) is 11.8 Å². The Morgan fingerprint density at radius 3 is 2.45 bits per heavy atom. The topological polar surface area (TPSA) is 97.1 Å². The van der Waals surface area contributed by atoms with Gasteiger partial charge in [0.05, 0.1) is 0 Å². The minimum atomic E-state index is -0.902. The Morgan fingerprint density at radius 2 is 1.71 bits per heavy atom. The van der Waals surface area contributed by atoms with Crippen LogP contribution < -0.4 is 5.32 Å². The highest BCUT2D eigenvalue weighted by molar-refractivity contribution is 8.00. The molecular weight excluding hydrogens is 412 g/mol. The lowest BCUT2D eigenvalue weighted by Gasteiger charge is -2.09. The molecule has 4 aromatic rings. The first-order valence-corrected chi connectivity index (χ1v) is 10.5. The number of nitrogens with one attached hydrogen (secondary N) is 1. The lowest BCUT2D eigenvalue weighted by atomic mass is 10.0. The van der Waals surface area contributed by atoms with Gasteiger partial charge in [0, 0.05) is 23.9 Å². The fraction of sp³-hybridized carbons (Fsp3) is 0.130. The van der Waals surface area contributed by atoms with Crippen LogP contribution in [0.3, 0.4) is 0 Å². The third kappa shape index (κ3) is 4.29. The van der Waals surface area contributed by atoms with E-state index in [9.17, 15) is 9.59 Å². The summed E-state index contributed by atoms with van der Waals surface area (Å²) in [5.41, 5.74) is 2.09. The van der Waals surface area contributed by atoms with Gasteiger partial charge in [-0.25, -0.2) is 0 Å². The van der Waals surface area contributed by atoms with E-state index in [1.807, 2.05) is 54.6 Å². The minimum absolute atomic E-state index is 0.176. The standard InChI is InChI=1S/C23H20N4O3S/c1-14(22(29)30)31-23-26-25-20(27(23)2)16-10-12-17(13-11-16)24-21(28)19-9-5-7-15-6-3-4-8-18(15)19/h3-14H,1-2H3,(H,24,28)(H,29,30). The molecule has 4 rings (SSSR count). The van der Waals surface area contributed by atoms with Crippen molar-refractivity contribution < 1.29 is 14.7 Å². The predicted molar refractivity (Wildman–Crippen MR) is 121 cm³/mol. The van der Waals surface area contributed by atoms with Gasteiger partial charge in [-0.3, -0.25) is 9.59 Å². The van der Waals surface area contributed by atoms with Gasteiger partial charge >= 0.3 is 5.97 Å². The van der Waals surface area contributed by atoms with Crippen LogP contribution in [0.25, 0.3) is 22.2 Å². The summed E-state index contributed by atoms with van der Waals surface area (Å²) in [6.07, 6.45) is 0. The summed E-state index contributed by atoms with van der Waals surface area (Å²) >= 11 is 1.14. The Kier molecular flexibility index (Phi) is 5.73. The fourth-order valence-corrected chi connectivity index (χ4v) is 3.95. The average molecular weight is 433 g/mol. The van der Waals surface area contributed by atoms with E-state index in [-0.39, 0.29) is 5.91 Å². The summed E-state index contributed by atoms with van der Waals surface area (Å²) < 4.78 is 1.76. The molecule has 156 valence electrons. The van der Waals surface area contributed by atoms with Crippen molar-refractivity contribution in [3.05, 3.63) is 72.3 Å². The molecule has 0 aliphatic heterocycles. The van der Waals surface area contributed by atoms with E-state index in [0.717, 1.165) is 28.1 Å². The molecule has 0 saturated carbocycles. The number of aromatic nitrogens is 3. The van der Waals surface area contributed by atoms with Crippen molar-refractivity contribution in [1.29, 1.82) is 0 Å². The monoisotopic (exact) mass is 432 g/mol. The molecule has 1 unspecified atom stereocenters. The zero-order valence-corrected chi connectivity index (χ0v) is 17.8. The number of rotatable bonds is 6. The third-order valence-electron chi connectivity index (χ3n) is 4.90. The number of anilines is 1. The molecule has 1 aromatic heterocycles. The van der Waals surface area contributed by atoms with Gasteiger partial charge in [-0.2, -0.15) is 0 Å². The van der Waals surface area contributed by atoms with Crippen molar-refractivity contribution in [2.45, 2.75) is 17.3 Å². The Hall–Kier alpha value is -3.65. The van der Waals surface area contributed by atoms with Crippen LogP contribution in [0.2, 0.25) is 0 Å². The number of fused-ring (bicyclic) bond motifs is 1. The van der Waals surface area contributed by atoms with E-state index in [0.29, 0.717) is 22.2 Å². The molecule has 3 aromatic carbocycles. The summed E-state index contributed by atoms with van der Waals surface area (Å²) in [5.74, 6) is -0.461. The van der Waals surface area contributed by atoms with E-state index in [4.69, 9.17) is 5.11 Å². The number of hydrogen-bond acceptors (Lipinski definition) is 5. The van der Waals surface area contributed by atoms with Gasteiger partial charge < -0.3 is 15.0 Å². The summed E-state index contributed by atoms with van der Waals surface area (Å²) in [4.78, 5) is 23.9. The zero-order valence-electron chi connectivity index (χ0n) is 16.9. The molecule has 0 radical (unpaired) electrons. The molecule has 0 bridgehead atoms. The number of thioether (sulfide) groups is 1. The highest BCUT2D eigenvalue weighted by Gasteiger charge is 2.18. The lowest BCUT2D eigenvalue weighted by Crippen LogP contribution is -2.12. The van der Waals surface area contributed by atoms with Crippen LogP contribution in [0.1, 0.15) is 17.3 Å². The highest BCUT2D eigenvalue weighted by atomic mass is 32.2. The summed E-state index contributed by atoms with van der Waals surface area (Å²) in [6.45, 7) is 1.61. The maximum atomic E-state index is 12.8. The molecule has 7 nitrogen and oxygen atoms in total. The van der Waals surface area contributed by atoms with E-state index < -0.39 is 11.2 Å². The van der Waals surface area contributed by atoms with Crippen LogP contribution >= 0.6 is 11.8 Å². The van der Waals surface area contributed by atoms with E-state index >= 15 is 0 Å². The Morgan fingerprint density at radius 1 is 1.00 bits per heavy atom. The van der Waals surface area contributed by atoms with Crippen LogP contribution in [0.4, 0.5) is 5.69 Å². The molecule has 8 heteroatoms. The molecule has 1 atom stereocenters. The maximum Gasteiger partial charge on any atom is 0.316 e. The van der Waals surface area contributed by atoms with Crippen molar-refractivity contribution in [3.8, 4) is 11.4 Å². The Bertz CT molecular complexity index is 1260. The third-order valence-corrected chi connectivity index (χ3v) is 6.02. The van der Waals surface area contributed by atoms with Gasteiger partial charge in [0.2, 0.25) is 0 Å². The first-order chi connectivity index (χ1) is 14.9. The molecule has 0 saturated heterocycles. The van der Waals surface area contributed by atoms with Crippen molar-refractivity contribution in [1.82, 2.24) is 14.8 Å². The first kappa shape index (κ1) is 20.6. The van der Waals surface area contributed by atoms with Crippen LogP contribution in [0.5, 0.6) is 0 Å². The van der Waals surface area contributed by atoms with Crippen molar-refractivity contribution in [2.24, 2.45) is 7.05 Å². The number of carbonyl (C=O) groups is 2. The minimum Gasteiger partial charge on any atom is -0.480 e.